The Balaban J connectivity index is 2.14. The summed E-state index contributed by atoms with van der Waals surface area (Å²) in [4.78, 5) is 0. The van der Waals surface area contributed by atoms with Crippen molar-refractivity contribution in [3.8, 4) is 5.75 Å². The van der Waals surface area contributed by atoms with Crippen LogP contribution >= 0.6 is 0 Å². The maximum atomic E-state index is 9.83. The third kappa shape index (κ3) is 7.36. The first-order valence-corrected chi connectivity index (χ1v) is 7.25. The standard InChI is InChI=1S/C16H27NO3/c1-13(2)6-5-9-20-12-15(18)11-17-14-7-4-8-16(10-14)19-3/h4,7-8,10,13,15,17-18H,5-6,9,11-12H2,1-3H3. The fourth-order valence-electron chi connectivity index (χ4n) is 1.84. The molecule has 0 amide bonds. The molecular weight excluding hydrogens is 254 g/mol. The third-order valence-electron chi connectivity index (χ3n) is 2.99. The lowest BCUT2D eigenvalue weighted by atomic mass is 10.1. The summed E-state index contributed by atoms with van der Waals surface area (Å²) in [5.41, 5.74) is 0.934. The third-order valence-corrected chi connectivity index (χ3v) is 2.99. The van der Waals surface area contributed by atoms with Gasteiger partial charge in [0.1, 0.15) is 5.75 Å². The Morgan fingerprint density at radius 1 is 1.30 bits per heavy atom. The van der Waals surface area contributed by atoms with Crippen molar-refractivity contribution in [2.45, 2.75) is 32.8 Å². The molecule has 1 rings (SSSR count). The fourth-order valence-corrected chi connectivity index (χ4v) is 1.84. The molecule has 0 aliphatic rings. The van der Waals surface area contributed by atoms with Crippen LogP contribution in [0.15, 0.2) is 24.3 Å². The van der Waals surface area contributed by atoms with Crippen LogP contribution in [0.5, 0.6) is 5.75 Å². The van der Waals surface area contributed by atoms with Gasteiger partial charge in [0.15, 0.2) is 0 Å². The van der Waals surface area contributed by atoms with Crippen LogP contribution in [0.3, 0.4) is 0 Å². The zero-order chi connectivity index (χ0) is 14.8. The van der Waals surface area contributed by atoms with E-state index in [1.54, 1.807) is 7.11 Å². The second-order valence-corrected chi connectivity index (χ2v) is 5.38. The van der Waals surface area contributed by atoms with Crippen LogP contribution in [0.25, 0.3) is 0 Å². The van der Waals surface area contributed by atoms with Gasteiger partial charge in [0.05, 0.1) is 19.8 Å². The summed E-state index contributed by atoms with van der Waals surface area (Å²) in [6, 6.07) is 7.64. The molecule has 20 heavy (non-hydrogen) atoms. The van der Waals surface area contributed by atoms with E-state index in [9.17, 15) is 5.11 Å². The molecule has 4 heteroatoms. The highest BCUT2D eigenvalue weighted by Crippen LogP contribution is 2.16. The molecule has 0 bridgehead atoms. The minimum atomic E-state index is -0.500. The lowest BCUT2D eigenvalue weighted by Crippen LogP contribution is -2.25. The second kappa shape index (κ2) is 9.61. The Hall–Kier alpha value is -1.26. The molecule has 1 aromatic carbocycles. The van der Waals surface area contributed by atoms with E-state index in [1.165, 1.54) is 0 Å². The second-order valence-electron chi connectivity index (χ2n) is 5.38. The Morgan fingerprint density at radius 2 is 2.10 bits per heavy atom. The van der Waals surface area contributed by atoms with E-state index in [-0.39, 0.29) is 0 Å². The smallest absolute Gasteiger partial charge is 0.120 e. The summed E-state index contributed by atoms with van der Waals surface area (Å²) >= 11 is 0. The number of anilines is 1. The predicted molar refractivity (Wildman–Crippen MR) is 82.4 cm³/mol. The van der Waals surface area contributed by atoms with Gasteiger partial charge in [0.25, 0.3) is 0 Å². The van der Waals surface area contributed by atoms with Gasteiger partial charge in [-0.3, -0.25) is 0 Å². The van der Waals surface area contributed by atoms with Crippen molar-refractivity contribution in [3.63, 3.8) is 0 Å². The van der Waals surface area contributed by atoms with Crippen LogP contribution in [-0.4, -0.2) is 38.1 Å². The molecule has 4 nitrogen and oxygen atoms in total. The first-order chi connectivity index (χ1) is 9.61. The average molecular weight is 281 g/mol. The topological polar surface area (TPSA) is 50.7 Å². The van der Waals surface area contributed by atoms with E-state index < -0.39 is 6.10 Å². The molecule has 2 N–H and O–H groups in total. The molecule has 1 unspecified atom stereocenters. The number of rotatable bonds is 10. The largest absolute Gasteiger partial charge is 0.497 e. The summed E-state index contributed by atoms with van der Waals surface area (Å²) in [6.07, 6.45) is 1.71. The number of methoxy groups -OCH3 is 1. The van der Waals surface area contributed by atoms with Crippen LogP contribution < -0.4 is 10.1 Å². The number of aliphatic hydroxyl groups excluding tert-OH is 1. The number of aliphatic hydroxyl groups is 1. The van der Waals surface area contributed by atoms with Gasteiger partial charge in [-0.05, 0) is 30.9 Å². The molecule has 0 saturated heterocycles. The molecule has 0 fully saturated rings. The lowest BCUT2D eigenvalue weighted by molar-refractivity contribution is 0.0409. The zero-order valence-electron chi connectivity index (χ0n) is 12.8. The Morgan fingerprint density at radius 3 is 2.80 bits per heavy atom. The highest BCUT2D eigenvalue weighted by atomic mass is 16.5. The molecule has 114 valence electrons. The highest BCUT2D eigenvalue weighted by Gasteiger charge is 2.04. The lowest BCUT2D eigenvalue weighted by Gasteiger charge is -2.14. The first kappa shape index (κ1) is 16.8. The van der Waals surface area contributed by atoms with Gasteiger partial charge in [-0.15, -0.1) is 0 Å². The molecule has 0 aliphatic carbocycles. The summed E-state index contributed by atoms with van der Waals surface area (Å²) in [5, 5.41) is 13.0. The van der Waals surface area contributed by atoms with Gasteiger partial charge < -0.3 is 19.9 Å². The van der Waals surface area contributed by atoms with Crippen LogP contribution in [0.1, 0.15) is 26.7 Å². The van der Waals surface area contributed by atoms with Crippen molar-refractivity contribution in [1.29, 1.82) is 0 Å². The van der Waals surface area contributed by atoms with Gasteiger partial charge in [-0.25, -0.2) is 0 Å². The summed E-state index contributed by atoms with van der Waals surface area (Å²) in [5.74, 6) is 1.51. The number of benzene rings is 1. The SMILES string of the molecule is COc1cccc(NCC(O)COCCCC(C)C)c1. The first-order valence-electron chi connectivity index (χ1n) is 7.25. The van der Waals surface area contributed by atoms with Crippen molar-refractivity contribution in [2.24, 2.45) is 5.92 Å². The number of nitrogens with one attached hydrogen (secondary N) is 1. The number of ether oxygens (including phenoxy) is 2. The molecule has 0 aliphatic heterocycles. The Kier molecular flexibility index (Phi) is 8.07. The molecule has 0 heterocycles. The van der Waals surface area contributed by atoms with Crippen LogP contribution in [-0.2, 0) is 4.74 Å². The van der Waals surface area contributed by atoms with Gasteiger partial charge >= 0.3 is 0 Å². The van der Waals surface area contributed by atoms with Crippen molar-refractivity contribution >= 4 is 5.69 Å². The summed E-state index contributed by atoms with van der Waals surface area (Å²) < 4.78 is 10.6. The van der Waals surface area contributed by atoms with Crippen molar-refractivity contribution in [1.82, 2.24) is 0 Å². The van der Waals surface area contributed by atoms with Crippen molar-refractivity contribution < 1.29 is 14.6 Å². The van der Waals surface area contributed by atoms with E-state index in [4.69, 9.17) is 9.47 Å². The van der Waals surface area contributed by atoms with Gasteiger partial charge in [-0.2, -0.15) is 0 Å². The Bertz CT molecular complexity index is 368. The van der Waals surface area contributed by atoms with Crippen LogP contribution in [0.2, 0.25) is 0 Å². The molecule has 0 aromatic heterocycles. The monoisotopic (exact) mass is 281 g/mol. The molecule has 0 spiro atoms. The number of hydrogen-bond acceptors (Lipinski definition) is 4. The Labute approximate surface area is 122 Å². The van der Waals surface area contributed by atoms with Crippen molar-refractivity contribution in [3.05, 3.63) is 24.3 Å². The highest BCUT2D eigenvalue weighted by molar-refractivity contribution is 5.48. The molecule has 0 saturated carbocycles. The quantitative estimate of drug-likeness (QED) is 0.647. The minimum Gasteiger partial charge on any atom is -0.497 e. The van der Waals surface area contributed by atoms with E-state index >= 15 is 0 Å². The zero-order valence-corrected chi connectivity index (χ0v) is 12.8. The van der Waals surface area contributed by atoms with E-state index in [0.29, 0.717) is 25.7 Å². The maximum Gasteiger partial charge on any atom is 0.120 e. The van der Waals surface area contributed by atoms with E-state index in [2.05, 4.69) is 19.2 Å². The van der Waals surface area contributed by atoms with E-state index in [0.717, 1.165) is 24.3 Å². The van der Waals surface area contributed by atoms with Gasteiger partial charge in [0, 0.05) is 24.9 Å². The maximum absolute atomic E-state index is 9.83. The number of hydrogen-bond donors (Lipinski definition) is 2. The molecule has 0 radical (unpaired) electrons. The minimum absolute atomic E-state index is 0.370. The molecule has 1 aromatic rings. The van der Waals surface area contributed by atoms with Crippen LogP contribution in [0.4, 0.5) is 5.69 Å². The van der Waals surface area contributed by atoms with Crippen LogP contribution in [0, 0.1) is 5.92 Å². The normalized spacial score (nSPS) is 12.4. The summed E-state index contributed by atoms with van der Waals surface area (Å²) in [6.45, 7) is 5.96. The van der Waals surface area contributed by atoms with Gasteiger partial charge in [-0.1, -0.05) is 19.9 Å². The van der Waals surface area contributed by atoms with E-state index in [1.807, 2.05) is 24.3 Å². The van der Waals surface area contributed by atoms with Gasteiger partial charge in [0.2, 0.25) is 0 Å². The fraction of sp³-hybridized carbons (Fsp3) is 0.625. The average Bonchev–Trinajstić information content (AvgIpc) is 2.44. The van der Waals surface area contributed by atoms with Crippen molar-refractivity contribution in [2.75, 3.05) is 32.2 Å². The molecular formula is C16H27NO3. The molecule has 1 atom stereocenters. The summed E-state index contributed by atoms with van der Waals surface area (Å²) in [7, 11) is 1.64. The predicted octanol–water partition coefficient (Wildman–Crippen LogP) is 2.92.